The van der Waals surface area contributed by atoms with Gasteiger partial charge in [0.25, 0.3) is 17.6 Å². The van der Waals surface area contributed by atoms with Crippen LogP contribution in [0.1, 0.15) is 17.3 Å². The molecule has 0 saturated heterocycles. The van der Waals surface area contributed by atoms with Crippen molar-refractivity contribution in [2.75, 3.05) is 4.90 Å². The molecule has 0 fully saturated rings. The highest BCUT2D eigenvalue weighted by molar-refractivity contribution is 6.57. The molecule has 1 atom stereocenters. The van der Waals surface area contributed by atoms with E-state index in [2.05, 4.69) is 0 Å². The first-order chi connectivity index (χ1) is 8.90. The van der Waals surface area contributed by atoms with Crippen LogP contribution in [0.25, 0.3) is 0 Å². The van der Waals surface area contributed by atoms with Crippen LogP contribution in [0.3, 0.4) is 0 Å². The minimum Gasteiger partial charge on any atom is -0.292 e. The van der Waals surface area contributed by atoms with Crippen molar-refractivity contribution in [3.8, 4) is 0 Å². The third kappa shape index (κ3) is 1.98. The van der Waals surface area contributed by atoms with Gasteiger partial charge in [-0.15, -0.1) is 0 Å². The van der Waals surface area contributed by atoms with Crippen molar-refractivity contribution in [1.82, 2.24) is 5.43 Å². The third-order valence-electron chi connectivity index (χ3n) is 2.87. The summed E-state index contributed by atoms with van der Waals surface area (Å²) >= 11 is 11.9. The summed E-state index contributed by atoms with van der Waals surface area (Å²) in [5, 5.41) is 0.274. The zero-order valence-corrected chi connectivity index (χ0v) is 11.2. The summed E-state index contributed by atoms with van der Waals surface area (Å²) < 4.78 is 0. The molecule has 2 rings (SSSR count). The number of hydrogen-bond acceptors (Lipinski definition) is 4. The van der Waals surface area contributed by atoms with Gasteiger partial charge in [-0.05, 0) is 19.1 Å². The molecule has 0 radical (unpaired) electrons. The molecule has 0 aromatic heterocycles. The van der Waals surface area contributed by atoms with E-state index in [0.717, 1.165) is 4.90 Å². The third-order valence-corrected chi connectivity index (χ3v) is 3.49. The maximum atomic E-state index is 12.0. The molecule has 19 heavy (non-hydrogen) atoms. The summed E-state index contributed by atoms with van der Waals surface area (Å²) in [5.41, 5.74) is 2.07. The van der Waals surface area contributed by atoms with Gasteiger partial charge in [0.2, 0.25) is 0 Å². The van der Waals surface area contributed by atoms with E-state index in [1.165, 1.54) is 19.1 Å². The largest absolute Gasteiger partial charge is 0.300 e. The van der Waals surface area contributed by atoms with Crippen LogP contribution in [-0.2, 0) is 9.59 Å². The summed E-state index contributed by atoms with van der Waals surface area (Å²) in [6, 6.07) is 1.90. The molecule has 0 saturated carbocycles. The van der Waals surface area contributed by atoms with Crippen molar-refractivity contribution in [2.45, 2.75) is 13.0 Å². The number of carbonyl (C=O) groups is 3. The van der Waals surface area contributed by atoms with Gasteiger partial charge in [0.05, 0.1) is 21.3 Å². The topological polar surface area (TPSA) is 92.5 Å². The van der Waals surface area contributed by atoms with Crippen molar-refractivity contribution >= 4 is 46.5 Å². The Morgan fingerprint density at radius 2 is 1.89 bits per heavy atom. The molecular weight excluding hydrogens is 293 g/mol. The fourth-order valence-electron chi connectivity index (χ4n) is 1.92. The highest BCUT2D eigenvalue weighted by Crippen LogP contribution is 2.40. The zero-order valence-electron chi connectivity index (χ0n) is 9.74. The number of fused-ring (bicyclic) bond motifs is 1. The Morgan fingerprint density at radius 3 is 2.47 bits per heavy atom. The zero-order chi connectivity index (χ0) is 14.3. The highest BCUT2D eigenvalue weighted by Gasteiger charge is 2.43. The van der Waals surface area contributed by atoms with Gasteiger partial charge in [0.15, 0.2) is 0 Å². The summed E-state index contributed by atoms with van der Waals surface area (Å²) in [6.45, 7) is 1.43. The number of halogens is 2. The SMILES string of the molecule is CC(C(=O)NN)N1C(=O)C(=O)c2c(Cl)ccc(Cl)c21. The lowest BCUT2D eigenvalue weighted by Gasteiger charge is -2.23. The number of carbonyl (C=O) groups excluding carboxylic acids is 3. The van der Waals surface area contributed by atoms with Gasteiger partial charge in [-0.3, -0.25) is 24.7 Å². The number of Topliss-reactive ketones (excluding diaryl/α,β-unsaturated/α-hetero) is 1. The van der Waals surface area contributed by atoms with Crippen LogP contribution in [0.5, 0.6) is 0 Å². The molecule has 2 amide bonds. The molecule has 100 valence electrons. The molecule has 1 aromatic carbocycles. The second-order valence-electron chi connectivity index (χ2n) is 3.94. The molecule has 8 heteroatoms. The molecule has 1 unspecified atom stereocenters. The number of amides is 2. The summed E-state index contributed by atoms with van der Waals surface area (Å²) in [5.74, 6) is 2.75. The highest BCUT2D eigenvalue weighted by atomic mass is 35.5. The lowest BCUT2D eigenvalue weighted by molar-refractivity contribution is -0.124. The van der Waals surface area contributed by atoms with Gasteiger partial charge in [-0.2, -0.15) is 0 Å². The molecular formula is C11H9Cl2N3O3. The van der Waals surface area contributed by atoms with E-state index in [9.17, 15) is 14.4 Å². The lowest BCUT2D eigenvalue weighted by Crippen LogP contribution is -2.49. The Hall–Kier alpha value is -1.63. The Bertz CT molecular complexity index is 603. The van der Waals surface area contributed by atoms with Crippen molar-refractivity contribution in [3.05, 3.63) is 27.7 Å². The smallest absolute Gasteiger partial charge is 0.292 e. The molecule has 6 nitrogen and oxygen atoms in total. The van der Waals surface area contributed by atoms with E-state index in [4.69, 9.17) is 29.0 Å². The summed E-state index contributed by atoms with van der Waals surface area (Å²) in [6.07, 6.45) is 0. The fraction of sp³-hybridized carbons (Fsp3) is 0.182. The monoisotopic (exact) mass is 301 g/mol. The number of anilines is 1. The van der Waals surface area contributed by atoms with E-state index in [1.54, 1.807) is 0 Å². The van der Waals surface area contributed by atoms with Crippen molar-refractivity contribution in [1.29, 1.82) is 0 Å². The van der Waals surface area contributed by atoms with E-state index < -0.39 is 23.6 Å². The van der Waals surface area contributed by atoms with Gasteiger partial charge in [-0.1, -0.05) is 23.2 Å². The molecule has 1 aliphatic rings. The first-order valence-electron chi connectivity index (χ1n) is 5.26. The van der Waals surface area contributed by atoms with Crippen LogP contribution in [0, 0.1) is 0 Å². The quantitative estimate of drug-likeness (QED) is 0.367. The fourth-order valence-corrected chi connectivity index (χ4v) is 2.40. The van der Waals surface area contributed by atoms with Crippen LogP contribution >= 0.6 is 23.2 Å². The van der Waals surface area contributed by atoms with Crippen molar-refractivity contribution in [2.24, 2.45) is 5.84 Å². The molecule has 0 aliphatic carbocycles. The van der Waals surface area contributed by atoms with Gasteiger partial charge in [0, 0.05) is 0 Å². The molecule has 1 aliphatic heterocycles. The molecule has 0 bridgehead atoms. The van der Waals surface area contributed by atoms with Crippen LogP contribution in [-0.4, -0.2) is 23.6 Å². The minimum absolute atomic E-state index is 0.0100. The Labute approximate surface area is 118 Å². The number of nitrogens with two attached hydrogens (primary N) is 1. The first kappa shape index (κ1) is 13.8. The predicted molar refractivity (Wildman–Crippen MR) is 70.1 cm³/mol. The molecule has 3 N–H and O–H groups in total. The average molecular weight is 302 g/mol. The maximum Gasteiger partial charge on any atom is 0.300 e. The van der Waals surface area contributed by atoms with Crippen molar-refractivity contribution in [3.63, 3.8) is 0 Å². The summed E-state index contributed by atoms with van der Waals surface area (Å²) in [4.78, 5) is 36.4. The van der Waals surface area contributed by atoms with E-state index >= 15 is 0 Å². The molecule has 1 aromatic rings. The first-order valence-corrected chi connectivity index (χ1v) is 6.02. The number of nitrogens with one attached hydrogen (secondary N) is 1. The second-order valence-corrected chi connectivity index (χ2v) is 4.76. The molecule has 0 spiro atoms. The van der Waals surface area contributed by atoms with Crippen LogP contribution in [0.4, 0.5) is 5.69 Å². The van der Waals surface area contributed by atoms with E-state index in [-0.39, 0.29) is 21.3 Å². The number of hydrogen-bond donors (Lipinski definition) is 2. The number of nitrogens with zero attached hydrogens (tertiary/aromatic N) is 1. The van der Waals surface area contributed by atoms with Gasteiger partial charge in [-0.25, -0.2) is 5.84 Å². The van der Waals surface area contributed by atoms with Crippen molar-refractivity contribution < 1.29 is 14.4 Å². The van der Waals surface area contributed by atoms with Gasteiger partial charge >= 0.3 is 0 Å². The number of benzene rings is 1. The normalized spacial score (nSPS) is 15.5. The predicted octanol–water partition coefficient (Wildman–Crippen LogP) is 0.901. The number of rotatable bonds is 2. The summed E-state index contributed by atoms with van der Waals surface area (Å²) in [7, 11) is 0. The van der Waals surface area contributed by atoms with Gasteiger partial charge in [0.1, 0.15) is 6.04 Å². The van der Waals surface area contributed by atoms with Crippen LogP contribution < -0.4 is 16.2 Å². The average Bonchev–Trinajstić information content (AvgIpc) is 2.66. The van der Waals surface area contributed by atoms with E-state index in [0.29, 0.717) is 0 Å². The van der Waals surface area contributed by atoms with Crippen LogP contribution in [0.2, 0.25) is 10.0 Å². The van der Waals surface area contributed by atoms with Crippen LogP contribution in [0.15, 0.2) is 12.1 Å². The number of hydrazine groups is 1. The lowest BCUT2D eigenvalue weighted by atomic mass is 10.1. The number of ketones is 1. The Balaban J connectivity index is 2.62. The maximum absolute atomic E-state index is 12.0. The molecule has 1 heterocycles. The minimum atomic E-state index is -0.973. The van der Waals surface area contributed by atoms with Gasteiger partial charge < -0.3 is 0 Å². The second kappa shape index (κ2) is 4.80. The standard InChI is InChI=1S/C11H9Cl2N3O3/c1-4(10(18)15-14)16-8-6(13)3-2-5(12)7(8)9(17)11(16)19/h2-4H,14H2,1H3,(H,15,18). The van der Waals surface area contributed by atoms with E-state index in [1.807, 2.05) is 5.43 Å². The Kier molecular flexibility index (Phi) is 3.49. The Morgan fingerprint density at radius 1 is 1.32 bits per heavy atom.